The molecule has 19 heavy (non-hydrogen) atoms. The van der Waals surface area contributed by atoms with Crippen LogP contribution >= 0.6 is 11.3 Å². The van der Waals surface area contributed by atoms with E-state index in [1.54, 1.807) is 11.3 Å². The number of anilines is 1. The van der Waals surface area contributed by atoms with Crippen molar-refractivity contribution in [1.82, 2.24) is 5.32 Å². The number of nitrogens with one attached hydrogen (secondary N) is 2. The zero-order valence-electron chi connectivity index (χ0n) is 11.4. The fraction of sp³-hybridized carbons (Fsp3) is 0.267. The van der Waals surface area contributed by atoms with Crippen molar-refractivity contribution in [2.75, 3.05) is 5.32 Å². The molecule has 0 aliphatic heterocycles. The van der Waals surface area contributed by atoms with E-state index in [2.05, 4.69) is 23.6 Å². The number of amides is 2. The lowest BCUT2D eigenvalue weighted by Gasteiger charge is -2.12. The Bertz CT molecular complexity index is 569. The van der Waals surface area contributed by atoms with Gasteiger partial charge in [0, 0.05) is 10.6 Å². The third-order valence-electron chi connectivity index (χ3n) is 3.10. The van der Waals surface area contributed by atoms with Crippen LogP contribution in [0.2, 0.25) is 0 Å². The Morgan fingerprint density at radius 1 is 1.11 bits per heavy atom. The maximum absolute atomic E-state index is 11.9. The average Bonchev–Trinajstić information content (AvgIpc) is 2.77. The molecule has 2 amide bonds. The highest BCUT2D eigenvalue weighted by atomic mass is 32.1. The molecule has 2 N–H and O–H groups in total. The van der Waals surface area contributed by atoms with Crippen molar-refractivity contribution in [3.8, 4) is 0 Å². The van der Waals surface area contributed by atoms with E-state index < -0.39 is 0 Å². The van der Waals surface area contributed by atoms with Crippen LogP contribution in [0.1, 0.15) is 21.6 Å². The number of carbonyl (C=O) groups is 1. The standard InChI is InChI=1S/C15H18N2OS/c1-10-7-8-19-13(10)9-16-15(18)17-14-11(2)5-4-6-12(14)3/h4-8H,9H2,1-3H3,(H2,16,17,18). The van der Waals surface area contributed by atoms with Crippen molar-refractivity contribution in [3.05, 3.63) is 51.2 Å². The molecule has 1 aromatic carbocycles. The minimum Gasteiger partial charge on any atom is -0.333 e. The summed E-state index contributed by atoms with van der Waals surface area (Å²) in [5.74, 6) is 0. The summed E-state index contributed by atoms with van der Waals surface area (Å²) in [4.78, 5) is 13.1. The lowest BCUT2D eigenvalue weighted by Crippen LogP contribution is -2.28. The first-order valence-corrected chi connectivity index (χ1v) is 7.10. The second-order valence-corrected chi connectivity index (χ2v) is 5.60. The highest BCUT2D eigenvalue weighted by Crippen LogP contribution is 2.19. The first-order chi connectivity index (χ1) is 9.08. The molecule has 0 atom stereocenters. The predicted molar refractivity (Wildman–Crippen MR) is 80.8 cm³/mol. The van der Waals surface area contributed by atoms with E-state index >= 15 is 0 Å². The summed E-state index contributed by atoms with van der Waals surface area (Å²) in [7, 11) is 0. The molecule has 0 saturated carbocycles. The molecule has 0 aliphatic rings. The smallest absolute Gasteiger partial charge is 0.319 e. The van der Waals surface area contributed by atoms with Gasteiger partial charge >= 0.3 is 6.03 Å². The normalized spacial score (nSPS) is 10.3. The summed E-state index contributed by atoms with van der Waals surface area (Å²) in [5, 5.41) is 7.84. The van der Waals surface area contributed by atoms with E-state index in [4.69, 9.17) is 0 Å². The number of thiophene rings is 1. The SMILES string of the molecule is Cc1ccsc1CNC(=O)Nc1c(C)cccc1C. The summed E-state index contributed by atoms with van der Waals surface area (Å²) in [6.07, 6.45) is 0. The average molecular weight is 274 g/mol. The lowest BCUT2D eigenvalue weighted by molar-refractivity contribution is 0.252. The van der Waals surface area contributed by atoms with E-state index in [0.717, 1.165) is 16.8 Å². The molecule has 0 bridgehead atoms. The molecule has 2 aromatic rings. The van der Waals surface area contributed by atoms with Crippen LogP contribution < -0.4 is 10.6 Å². The molecular formula is C15H18N2OS. The summed E-state index contributed by atoms with van der Waals surface area (Å²) in [5.41, 5.74) is 4.25. The van der Waals surface area contributed by atoms with Crippen molar-refractivity contribution in [2.24, 2.45) is 0 Å². The van der Waals surface area contributed by atoms with Crippen molar-refractivity contribution < 1.29 is 4.79 Å². The number of para-hydroxylation sites is 1. The van der Waals surface area contributed by atoms with Crippen LogP contribution in [-0.4, -0.2) is 6.03 Å². The van der Waals surface area contributed by atoms with E-state index in [-0.39, 0.29) is 6.03 Å². The molecule has 0 aliphatic carbocycles. The minimum absolute atomic E-state index is 0.162. The molecule has 2 rings (SSSR count). The zero-order chi connectivity index (χ0) is 13.8. The van der Waals surface area contributed by atoms with Gasteiger partial charge in [-0.2, -0.15) is 0 Å². The van der Waals surface area contributed by atoms with Gasteiger partial charge in [-0.05, 0) is 48.9 Å². The summed E-state index contributed by atoms with van der Waals surface area (Å²) >= 11 is 1.66. The van der Waals surface area contributed by atoms with Crippen LogP contribution in [0.4, 0.5) is 10.5 Å². The van der Waals surface area contributed by atoms with Gasteiger partial charge in [0.05, 0.1) is 6.54 Å². The number of aryl methyl sites for hydroxylation is 3. The van der Waals surface area contributed by atoms with Crippen LogP contribution in [0.15, 0.2) is 29.6 Å². The monoisotopic (exact) mass is 274 g/mol. The molecule has 100 valence electrons. The number of hydrogen-bond donors (Lipinski definition) is 2. The van der Waals surface area contributed by atoms with Crippen molar-refractivity contribution in [1.29, 1.82) is 0 Å². The highest BCUT2D eigenvalue weighted by molar-refractivity contribution is 7.10. The van der Waals surface area contributed by atoms with Gasteiger partial charge in [0.1, 0.15) is 0 Å². The Morgan fingerprint density at radius 3 is 2.37 bits per heavy atom. The quantitative estimate of drug-likeness (QED) is 0.873. The van der Waals surface area contributed by atoms with Crippen LogP contribution in [-0.2, 0) is 6.54 Å². The Morgan fingerprint density at radius 2 is 1.79 bits per heavy atom. The predicted octanol–water partition coefficient (Wildman–Crippen LogP) is 4.00. The molecule has 0 unspecified atom stereocenters. The Labute approximate surface area is 117 Å². The Hall–Kier alpha value is -1.81. The van der Waals surface area contributed by atoms with Gasteiger partial charge in [0.2, 0.25) is 0 Å². The number of rotatable bonds is 3. The van der Waals surface area contributed by atoms with E-state index in [9.17, 15) is 4.79 Å². The molecular weight excluding hydrogens is 256 g/mol. The van der Waals surface area contributed by atoms with Crippen molar-refractivity contribution in [3.63, 3.8) is 0 Å². The second-order valence-electron chi connectivity index (χ2n) is 4.60. The van der Waals surface area contributed by atoms with Crippen molar-refractivity contribution in [2.45, 2.75) is 27.3 Å². The fourth-order valence-electron chi connectivity index (χ4n) is 1.92. The fourth-order valence-corrected chi connectivity index (χ4v) is 2.76. The first kappa shape index (κ1) is 13.6. The number of benzene rings is 1. The van der Waals surface area contributed by atoms with E-state index in [1.807, 2.05) is 37.4 Å². The largest absolute Gasteiger partial charge is 0.333 e. The van der Waals surface area contributed by atoms with Crippen LogP contribution in [0.3, 0.4) is 0 Å². The van der Waals surface area contributed by atoms with Gasteiger partial charge in [-0.25, -0.2) is 4.79 Å². The second kappa shape index (κ2) is 5.89. The van der Waals surface area contributed by atoms with Crippen LogP contribution in [0, 0.1) is 20.8 Å². The topological polar surface area (TPSA) is 41.1 Å². The van der Waals surface area contributed by atoms with Gasteiger partial charge in [-0.3, -0.25) is 0 Å². The van der Waals surface area contributed by atoms with Crippen molar-refractivity contribution >= 4 is 23.1 Å². The van der Waals surface area contributed by atoms with Crippen LogP contribution in [0.5, 0.6) is 0 Å². The summed E-state index contributed by atoms with van der Waals surface area (Å²) < 4.78 is 0. The summed E-state index contributed by atoms with van der Waals surface area (Å²) in [6, 6.07) is 7.87. The lowest BCUT2D eigenvalue weighted by atomic mass is 10.1. The van der Waals surface area contributed by atoms with Crippen LogP contribution in [0.25, 0.3) is 0 Å². The zero-order valence-corrected chi connectivity index (χ0v) is 12.2. The molecule has 0 fully saturated rings. The summed E-state index contributed by atoms with van der Waals surface area (Å²) in [6.45, 7) is 6.61. The molecule has 3 nitrogen and oxygen atoms in total. The number of hydrogen-bond acceptors (Lipinski definition) is 2. The van der Waals surface area contributed by atoms with Gasteiger partial charge in [0.15, 0.2) is 0 Å². The molecule has 0 radical (unpaired) electrons. The Kier molecular flexibility index (Phi) is 4.22. The molecule has 0 saturated heterocycles. The van der Waals surface area contributed by atoms with E-state index in [1.165, 1.54) is 10.4 Å². The van der Waals surface area contributed by atoms with Gasteiger partial charge < -0.3 is 10.6 Å². The number of carbonyl (C=O) groups excluding carboxylic acids is 1. The molecule has 0 spiro atoms. The highest BCUT2D eigenvalue weighted by Gasteiger charge is 2.07. The minimum atomic E-state index is -0.162. The maximum Gasteiger partial charge on any atom is 0.319 e. The first-order valence-electron chi connectivity index (χ1n) is 6.22. The third-order valence-corrected chi connectivity index (χ3v) is 4.12. The third kappa shape index (κ3) is 3.35. The molecule has 1 aromatic heterocycles. The van der Waals surface area contributed by atoms with Gasteiger partial charge in [-0.15, -0.1) is 11.3 Å². The Balaban J connectivity index is 1.97. The van der Waals surface area contributed by atoms with E-state index in [0.29, 0.717) is 6.54 Å². The molecule has 4 heteroatoms. The number of urea groups is 1. The van der Waals surface area contributed by atoms with Gasteiger partial charge in [0.25, 0.3) is 0 Å². The molecule has 1 heterocycles. The maximum atomic E-state index is 11.9. The van der Waals surface area contributed by atoms with Gasteiger partial charge in [-0.1, -0.05) is 18.2 Å².